The molecule has 0 atom stereocenters. The number of nitrogens with one attached hydrogen (secondary N) is 3. The van der Waals surface area contributed by atoms with Gasteiger partial charge in [-0.25, -0.2) is 0 Å². The molecular formula is C24H34N4O2. The SMILES string of the molecule is CCNC(=NCCCOCCc1ccccc1)NCCc1cccc(C(=O)NC)c1. The van der Waals surface area contributed by atoms with Crippen molar-refractivity contribution in [3.63, 3.8) is 0 Å². The van der Waals surface area contributed by atoms with Crippen molar-refractivity contribution in [3.8, 4) is 0 Å². The first-order valence-corrected chi connectivity index (χ1v) is 10.7. The van der Waals surface area contributed by atoms with E-state index in [1.54, 1.807) is 7.05 Å². The van der Waals surface area contributed by atoms with Gasteiger partial charge in [0.25, 0.3) is 5.91 Å². The van der Waals surface area contributed by atoms with Crippen LogP contribution >= 0.6 is 0 Å². The lowest BCUT2D eigenvalue weighted by molar-refractivity contribution is 0.0963. The first-order valence-electron chi connectivity index (χ1n) is 10.7. The summed E-state index contributed by atoms with van der Waals surface area (Å²) in [7, 11) is 1.64. The van der Waals surface area contributed by atoms with Gasteiger partial charge in [-0.15, -0.1) is 0 Å². The number of carbonyl (C=O) groups is 1. The fraction of sp³-hybridized carbons (Fsp3) is 0.417. The molecule has 0 spiro atoms. The average Bonchev–Trinajstić information content (AvgIpc) is 2.78. The molecular weight excluding hydrogens is 376 g/mol. The minimum Gasteiger partial charge on any atom is -0.381 e. The lowest BCUT2D eigenvalue weighted by atomic mass is 10.1. The summed E-state index contributed by atoms with van der Waals surface area (Å²) in [6.45, 7) is 5.77. The molecule has 2 aromatic rings. The largest absolute Gasteiger partial charge is 0.381 e. The van der Waals surface area contributed by atoms with Gasteiger partial charge < -0.3 is 20.7 Å². The maximum absolute atomic E-state index is 11.8. The van der Waals surface area contributed by atoms with Crippen LogP contribution < -0.4 is 16.0 Å². The fourth-order valence-corrected chi connectivity index (χ4v) is 2.97. The van der Waals surface area contributed by atoms with Crippen LogP contribution in [-0.4, -0.2) is 51.8 Å². The van der Waals surface area contributed by atoms with Gasteiger partial charge in [-0.1, -0.05) is 42.5 Å². The Balaban J connectivity index is 1.65. The van der Waals surface area contributed by atoms with Gasteiger partial charge in [0.05, 0.1) is 6.61 Å². The number of aliphatic imine (C=N–C) groups is 1. The second-order valence-corrected chi connectivity index (χ2v) is 6.92. The van der Waals surface area contributed by atoms with E-state index in [1.165, 1.54) is 5.56 Å². The zero-order valence-corrected chi connectivity index (χ0v) is 18.1. The third-order valence-corrected chi connectivity index (χ3v) is 4.56. The summed E-state index contributed by atoms with van der Waals surface area (Å²) in [5.74, 6) is 0.745. The number of ether oxygens (including phenoxy) is 1. The van der Waals surface area contributed by atoms with Gasteiger partial charge in [0.2, 0.25) is 0 Å². The van der Waals surface area contributed by atoms with Crippen LogP contribution in [0.5, 0.6) is 0 Å². The van der Waals surface area contributed by atoms with Crippen molar-refractivity contribution in [2.24, 2.45) is 4.99 Å². The fourth-order valence-electron chi connectivity index (χ4n) is 2.97. The molecule has 2 rings (SSSR count). The molecule has 30 heavy (non-hydrogen) atoms. The van der Waals surface area contributed by atoms with Gasteiger partial charge in [-0.3, -0.25) is 9.79 Å². The van der Waals surface area contributed by atoms with Gasteiger partial charge >= 0.3 is 0 Å². The summed E-state index contributed by atoms with van der Waals surface area (Å²) in [4.78, 5) is 16.4. The van der Waals surface area contributed by atoms with E-state index in [0.29, 0.717) is 18.7 Å². The monoisotopic (exact) mass is 410 g/mol. The van der Waals surface area contributed by atoms with Gasteiger partial charge in [0, 0.05) is 38.9 Å². The minimum atomic E-state index is -0.0642. The smallest absolute Gasteiger partial charge is 0.251 e. The van der Waals surface area contributed by atoms with Crippen LogP contribution in [0.2, 0.25) is 0 Å². The van der Waals surface area contributed by atoms with Crippen LogP contribution in [0.25, 0.3) is 0 Å². The molecule has 0 heterocycles. The Hall–Kier alpha value is -2.86. The molecule has 0 aliphatic heterocycles. The molecule has 0 fully saturated rings. The van der Waals surface area contributed by atoms with Gasteiger partial charge in [0.1, 0.15) is 0 Å². The van der Waals surface area contributed by atoms with E-state index >= 15 is 0 Å². The maximum Gasteiger partial charge on any atom is 0.251 e. The normalized spacial score (nSPS) is 11.2. The lowest BCUT2D eigenvalue weighted by Gasteiger charge is -2.12. The molecule has 6 nitrogen and oxygen atoms in total. The number of benzene rings is 2. The third kappa shape index (κ3) is 9.09. The quantitative estimate of drug-likeness (QED) is 0.286. The van der Waals surface area contributed by atoms with Crippen molar-refractivity contribution in [2.75, 3.05) is 39.9 Å². The van der Waals surface area contributed by atoms with Crippen molar-refractivity contribution < 1.29 is 9.53 Å². The highest BCUT2D eigenvalue weighted by atomic mass is 16.5. The predicted octanol–water partition coefficient (Wildman–Crippen LogP) is 2.79. The molecule has 3 N–H and O–H groups in total. The van der Waals surface area contributed by atoms with E-state index in [9.17, 15) is 4.79 Å². The number of nitrogens with zero attached hydrogens (tertiary/aromatic N) is 1. The molecule has 0 unspecified atom stereocenters. The van der Waals surface area contributed by atoms with E-state index in [0.717, 1.165) is 50.5 Å². The van der Waals surface area contributed by atoms with Gasteiger partial charge in [-0.2, -0.15) is 0 Å². The van der Waals surface area contributed by atoms with Crippen molar-refractivity contribution in [1.29, 1.82) is 0 Å². The van der Waals surface area contributed by atoms with E-state index in [-0.39, 0.29) is 5.91 Å². The Labute approximate surface area is 180 Å². The zero-order valence-electron chi connectivity index (χ0n) is 18.1. The molecule has 2 aromatic carbocycles. The molecule has 0 bridgehead atoms. The number of rotatable bonds is 12. The molecule has 6 heteroatoms. The van der Waals surface area contributed by atoms with Crippen LogP contribution in [0.15, 0.2) is 59.6 Å². The number of guanidine groups is 1. The topological polar surface area (TPSA) is 74.8 Å². The van der Waals surface area contributed by atoms with Gasteiger partial charge in [0.15, 0.2) is 5.96 Å². The summed E-state index contributed by atoms with van der Waals surface area (Å²) in [5.41, 5.74) is 3.10. The number of hydrogen-bond donors (Lipinski definition) is 3. The highest BCUT2D eigenvalue weighted by molar-refractivity contribution is 5.94. The highest BCUT2D eigenvalue weighted by Gasteiger charge is 2.04. The van der Waals surface area contributed by atoms with Crippen LogP contribution in [-0.2, 0) is 17.6 Å². The lowest BCUT2D eigenvalue weighted by Crippen LogP contribution is -2.38. The maximum atomic E-state index is 11.8. The van der Waals surface area contributed by atoms with Crippen molar-refractivity contribution in [1.82, 2.24) is 16.0 Å². The molecule has 0 aliphatic rings. The van der Waals surface area contributed by atoms with E-state index in [2.05, 4.69) is 52.1 Å². The second kappa shape index (κ2) is 14.2. The Morgan fingerprint density at radius 3 is 2.53 bits per heavy atom. The third-order valence-electron chi connectivity index (χ3n) is 4.56. The second-order valence-electron chi connectivity index (χ2n) is 6.92. The Bertz CT molecular complexity index is 778. The molecule has 0 radical (unpaired) electrons. The van der Waals surface area contributed by atoms with Crippen LogP contribution in [0.3, 0.4) is 0 Å². The first kappa shape index (κ1) is 23.4. The summed E-state index contributed by atoms with van der Waals surface area (Å²) < 4.78 is 5.72. The summed E-state index contributed by atoms with van der Waals surface area (Å²) in [5, 5.41) is 9.27. The first-order chi connectivity index (χ1) is 14.7. The Morgan fingerprint density at radius 2 is 1.77 bits per heavy atom. The van der Waals surface area contributed by atoms with E-state index < -0.39 is 0 Å². The van der Waals surface area contributed by atoms with Crippen LogP contribution in [0, 0.1) is 0 Å². The molecule has 0 saturated carbocycles. The molecule has 0 aliphatic carbocycles. The summed E-state index contributed by atoms with van der Waals surface area (Å²) in [6, 6.07) is 18.1. The van der Waals surface area contributed by atoms with Crippen LogP contribution in [0.4, 0.5) is 0 Å². The molecule has 1 amide bonds. The highest BCUT2D eigenvalue weighted by Crippen LogP contribution is 2.05. The number of carbonyl (C=O) groups excluding carboxylic acids is 1. The van der Waals surface area contributed by atoms with Crippen molar-refractivity contribution >= 4 is 11.9 Å². The van der Waals surface area contributed by atoms with Crippen molar-refractivity contribution in [2.45, 2.75) is 26.2 Å². The zero-order chi connectivity index (χ0) is 21.4. The standard InChI is InChI=1S/C24H34N4O2/c1-3-26-24(27-15-8-17-30-18-14-20-9-5-4-6-10-20)28-16-13-21-11-7-12-22(19-21)23(29)25-2/h4-7,9-12,19H,3,8,13-18H2,1-2H3,(H,25,29)(H2,26,27,28). The number of amides is 1. The summed E-state index contributed by atoms with van der Waals surface area (Å²) >= 11 is 0. The van der Waals surface area contributed by atoms with Gasteiger partial charge in [-0.05, 0) is 49.4 Å². The molecule has 162 valence electrons. The van der Waals surface area contributed by atoms with Crippen molar-refractivity contribution in [3.05, 3.63) is 71.3 Å². The molecule has 0 aromatic heterocycles. The minimum absolute atomic E-state index is 0.0642. The average molecular weight is 411 g/mol. The van der Waals surface area contributed by atoms with E-state index in [1.807, 2.05) is 30.3 Å². The van der Waals surface area contributed by atoms with Crippen LogP contribution in [0.1, 0.15) is 34.8 Å². The summed E-state index contributed by atoms with van der Waals surface area (Å²) in [6.07, 6.45) is 2.65. The van der Waals surface area contributed by atoms with E-state index in [4.69, 9.17) is 4.74 Å². The Kier molecular flexibility index (Phi) is 11.1. The number of hydrogen-bond acceptors (Lipinski definition) is 3. The Morgan fingerprint density at radius 1 is 0.967 bits per heavy atom. The molecule has 0 saturated heterocycles. The predicted molar refractivity (Wildman–Crippen MR) is 123 cm³/mol.